The Labute approximate surface area is 129 Å². The maximum Gasteiger partial charge on any atom is 0.340 e. The summed E-state index contributed by atoms with van der Waals surface area (Å²) >= 11 is 11.8. The fraction of sp³-hybridized carbons (Fsp3) is 0.533. The topological polar surface area (TPSA) is 38.8 Å². The van der Waals surface area contributed by atoms with Crippen molar-refractivity contribution < 1.29 is 14.3 Å². The van der Waals surface area contributed by atoms with Gasteiger partial charge in [-0.2, -0.15) is 0 Å². The SMILES string of the molecule is CCOC(=O)C1(CCCCc2ccc(Cl)c(Cl)c2)CO1. The van der Waals surface area contributed by atoms with E-state index in [1.165, 1.54) is 0 Å². The van der Waals surface area contributed by atoms with Crippen LogP contribution in [0.4, 0.5) is 0 Å². The van der Waals surface area contributed by atoms with E-state index < -0.39 is 5.60 Å². The zero-order valence-electron chi connectivity index (χ0n) is 11.5. The van der Waals surface area contributed by atoms with E-state index in [-0.39, 0.29) is 5.97 Å². The monoisotopic (exact) mass is 316 g/mol. The zero-order chi connectivity index (χ0) is 14.6. The molecule has 3 nitrogen and oxygen atoms in total. The third-order valence-electron chi connectivity index (χ3n) is 3.42. The van der Waals surface area contributed by atoms with Crippen LogP contribution in [0.2, 0.25) is 10.0 Å². The lowest BCUT2D eigenvalue weighted by atomic mass is 10.0. The van der Waals surface area contributed by atoms with Crippen molar-refractivity contribution in [1.82, 2.24) is 0 Å². The summed E-state index contributed by atoms with van der Waals surface area (Å²) in [7, 11) is 0. The summed E-state index contributed by atoms with van der Waals surface area (Å²) in [4.78, 5) is 11.7. The summed E-state index contributed by atoms with van der Waals surface area (Å²) in [5.74, 6) is -0.227. The summed E-state index contributed by atoms with van der Waals surface area (Å²) in [6, 6.07) is 5.67. The van der Waals surface area contributed by atoms with Crippen LogP contribution in [0.3, 0.4) is 0 Å². The van der Waals surface area contributed by atoms with Gasteiger partial charge in [-0.3, -0.25) is 0 Å². The Morgan fingerprint density at radius 3 is 2.70 bits per heavy atom. The molecule has 1 aliphatic rings. The minimum absolute atomic E-state index is 0.227. The molecule has 1 heterocycles. The number of hydrogen-bond donors (Lipinski definition) is 0. The average molecular weight is 317 g/mol. The van der Waals surface area contributed by atoms with Gasteiger partial charge in [0.1, 0.15) is 0 Å². The quantitative estimate of drug-likeness (QED) is 0.433. The third kappa shape index (κ3) is 3.87. The van der Waals surface area contributed by atoms with Gasteiger partial charge >= 0.3 is 5.97 Å². The molecular formula is C15H18Cl2O3. The number of ether oxygens (including phenoxy) is 2. The van der Waals surface area contributed by atoms with Crippen molar-refractivity contribution in [1.29, 1.82) is 0 Å². The lowest BCUT2D eigenvalue weighted by Gasteiger charge is -2.10. The van der Waals surface area contributed by atoms with Crippen LogP contribution in [0, 0.1) is 0 Å². The van der Waals surface area contributed by atoms with Crippen LogP contribution in [0.25, 0.3) is 0 Å². The van der Waals surface area contributed by atoms with Crippen molar-refractivity contribution in [2.45, 2.75) is 38.2 Å². The summed E-state index contributed by atoms with van der Waals surface area (Å²) < 4.78 is 10.3. The van der Waals surface area contributed by atoms with Gasteiger partial charge in [-0.1, -0.05) is 29.3 Å². The summed E-state index contributed by atoms with van der Waals surface area (Å²) in [6.07, 6.45) is 3.52. The van der Waals surface area contributed by atoms with Crippen molar-refractivity contribution in [3.63, 3.8) is 0 Å². The first-order valence-corrected chi connectivity index (χ1v) is 7.58. The Balaban J connectivity index is 1.74. The Kier molecular flexibility index (Phi) is 5.30. The second kappa shape index (κ2) is 6.79. The fourth-order valence-corrected chi connectivity index (χ4v) is 2.47. The molecule has 1 aromatic rings. The van der Waals surface area contributed by atoms with Crippen LogP contribution in [-0.4, -0.2) is 24.8 Å². The number of esters is 1. The standard InChI is InChI=1S/C15H18Cl2O3/c1-2-19-14(18)15(10-20-15)8-4-3-5-11-6-7-12(16)13(17)9-11/h6-7,9H,2-5,8,10H2,1H3. The molecule has 0 N–H and O–H groups in total. The molecule has 0 amide bonds. The first-order valence-electron chi connectivity index (χ1n) is 6.82. The average Bonchev–Trinajstić information content (AvgIpc) is 3.20. The molecule has 0 aliphatic carbocycles. The normalized spacial score (nSPS) is 20.8. The smallest absolute Gasteiger partial charge is 0.340 e. The van der Waals surface area contributed by atoms with Gasteiger partial charge in [0.05, 0.1) is 23.3 Å². The molecule has 1 saturated heterocycles. The molecule has 5 heteroatoms. The third-order valence-corrected chi connectivity index (χ3v) is 4.16. The van der Waals surface area contributed by atoms with Crippen molar-refractivity contribution in [2.24, 2.45) is 0 Å². The maximum atomic E-state index is 11.7. The van der Waals surface area contributed by atoms with E-state index in [2.05, 4.69) is 0 Å². The predicted molar refractivity (Wildman–Crippen MR) is 79.3 cm³/mol. The highest BCUT2D eigenvalue weighted by molar-refractivity contribution is 6.42. The van der Waals surface area contributed by atoms with Gasteiger partial charge < -0.3 is 9.47 Å². The van der Waals surface area contributed by atoms with E-state index in [0.717, 1.165) is 24.8 Å². The Morgan fingerprint density at radius 1 is 1.35 bits per heavy atom. The largest absolute Gasteiger partial charge is 0.464 e. The first-order chi connectivity index (χ1) is 9.57. The fourth-order valence-electron chi connectivity index (χ4n) is 2.15. The van der Waals surface area contributed by atoms with Gasteiger partial charge in [0.25, 0.3) is 0 Å². The number of epoxide rings is 1. The van der Waals surface area contributed by atoms with Gasteiger partial charge in [-0.15, -0.1) is 0 Å². The number of carbonyl (C=O) groups excluding carboxylic acids is 1. The highest BCUT2D eigenvalue weighted by Gasteiger charge is 2.52. The minimum Gasteiger partial charge on any atom is -0.464 e. The van der Waals surface area contributed by atoms with E-state index >= 15 is 0 Å². The van der Waals surface area contributed by atoms with E-state index in [0.29, 0.717) is 29.7 Å². The zero-order valence-corrected chi connectivity index (χ0v) is 13.0. The van der Waals surface area contributed by atoms with Gasteiger partial charge in [-0.25, -0.2) is 4.79 Å². The second-order valence-electron chi connectivity index (χ2n) is 4.96. The number of unbranched alkanes of at least 4 members (excludes halogenated alkanes) is 1. The molecule has 110 valence electrons. The van der Waals surface area contributed by atoms with Crippen LogP contribution < -0.4 is 0 Å². The van der Waals surface area contributed by atoms with Crippen molar-refractivity contribution in [3.05, 3.63) is 33.8 Å². The number of benzene rings is 1. The van der Waals surface area contributed by atoms with Gasteiger partial charge in [0.15, 0.2) is 5.60 Å². The number of halogens is 2. The molecule has 0 aromatic heterocycles. The van der Waals surface area contributed by atoms with E-state index in [9.17, 15) is 4.79 Å². The van der Waals surface area contributed by atoms with Crippen LogP contribution in [0.15, 0.2) is 18.2 Å². The number of aryl methyl sites for hydroxylation is 1. The molecule has 0 radical (unpaired) electrons. The summed E-state index contributed by atoms with van der Waals surface area (Å²) in [5, 5.41) is 1.15. The van der Waals surface area contributed by atoms with Crippen LogP contribution in [0.5, 0.6) is 0 Å². The predicted octanol–water partition coefficient (Wildman–Crippen LogP) is 4.04. The lowest BCUT2D eigenvalue weighted by molar-refractivity contribution is -0.149. The molecule has 2 rings (SSSR count). The lowest BCUT2D eigenvalue weighted by Crippen LogP contribution is -2.27. The molecule has 1 unspecified atom stereocenters. The number of rotatable bonds is 7. The summed E-state index contributed by atoms with van der Waals surface area (Å²) in [6.45, 7) is 2.68. The first kappa shape index (κ1) is 15.6. The van der Waals surface area contributed by atoms with Crippen molar-refractivity contribution >= 4 is 29.2 Å². The molecule has 1 atom stereocenters. The van der Waals surface area contributed by atoms with Crippen LogP contribution >= 0.6 is 23.2 Å². The number of carbonyl (C=O) groups is 1. The highest BCUT2D eigenvalue weighted by atomic mass is 35.5. The Bertz CT molecular complexity index is 484. The van der Waals surface area contributed by atoms with Gasteiger partial charge in [-0.05, 0) is 50.3 Å². The minimum atomic E-state index is -0.659. The van der Waals surface area contributed by atoms with Crippen molar-refractivity contribution in [2.75, 3.05) is 13.2 Å². The maximum absolute atomic E-state index is 11.7. The molecular weight excluding hydrogens is 299 g/mol. The molecule has 0 spiro atoms. The molecule has 0 saturated carbocycles. The van der Waals surface area contributed by atoms with Crippen molar-refractivity contribution in [3.8, 4) is 0 Å². The molecule has 1 aromatic carbocycles. The molecule has 1 aliphatic heterocycles. The van der Waals surface area contributed by atoms with Crippen LogP contribution in [0.1, 0.15) is 31.7 Å². The van der Waals surface area contributed by atoms with E-state index in [1.54, 1.807) is 6.92 Å². The number of hydrogen-bond acceptors (Lipinski definition) is 3. The Hall–Kier alpha value is -0.770. The highest BCUT2D eigenvalue weighted by Crippen LogP contribution is 2.34. The summed E-state index contributed by atoms with van der Waals surface area (Å²) in [5.41, 5.74) is 0.495. The molecule has 1 fully saturated rings. The van der Waals surface area contributed by atoms with Gasteiger partial charge in [0, 0.05) is 0 Å². The van der Waals surface area contributed by atoms with E-state index in [1.807, 2.05) is 18.2 Å². The van der Waals surface area contributed by atoms with E-state index in [4.69, 9.17) is 32.7 Å². The second-order valence-corrected chi connectivity index (χ2v) is 5.77. The van der Waals surface area contributed by atoms with Crippen LogP contribution in [-0.2, 0) is 20.7 Å². The molecule has 0 bridgehead atoms. The van der Waals surface area contributed by atoms with Gasteiger partial charge in [0.2, 0.25) is 0 Å². The molecule has 20 heavy (non-hydrogen) atoms. The Morgan fingerprint density at radius 2 is 2.10 bits per heavy atom.